The third kappa shape index (κ3) is 6.82. The molecule has 0 radical (unpaired) electrons. The summed E-state index contributed by atoms with van der Waals surface area (Å²) in [6.07, 6.45) is 4.89. The van der Waals surface area contributed by atoms with Crippen LogP contribution in [0.15, 0.2) is 61.6 Å². The highest BCUT2D eigenvalue weighted by Crippen LogP contribution is 2.23. The summed E-state index contributed by atoms with van der Waals surface area (Å²) in [6, 6.07) is 8.41. The predicted octanol–water partition coefficient (Wildman–Crippen LogP) is 4.74. The molecule has 1 aromatic carbocycles. The summed E-state index contributed by atoms with van der Waals surface area (Å²) in [5, 5.41) is 8.59. The third-order valence-corrected chi connectivity index (χ3v) is 5.68. The molecular formula is C28H31N7O6. The van der Waals surface area contributed by atoms with Crippen molar-refractivity contribution >= 4 is 52.1 Å². The number of carbonyl (C=O) groups excluding carboxylic acids is 4. The van der Waals surface area contributed by atoms with E-state index in [-0.39, 0.29) is 24.2 Å². The van der Waals surface area contributed by atoms with Crippen molar-refractivity contribution in [2.75, 3.05) is 22.6 Å². The number of hydrogen-bond acceptors (Lipinski definition) is 7. The molecule has 3 amide bonds. The average molecular weight is 562 g/mol. The van der Waals surface area contributed by atoms with Crippen LogP contribution in [0.25, 0.3) is 10.9 Å². The average Bonchev–Trinajstić information content (AvgIpc) is 3.57. The molecule has 0 bridgehead atoms. The number of ether oxygens (including phenoxy) is 2. The first-order chi connectivity index (χ1) is 19.3. The lowest BCUT2D eigenvalue weighted by Gasteiger charge is -2.18. The number of amides is 3. The topological polar surface area (TPSA) is 151 Å². The van der Waals surface area contributed by atoms with Crippen LogP contribution in [0.4, 0.5) is 26.8 Å². The number of anilines is 3. The second kappa shape index (κ2) is 11.4. The highest BCUT2D eigenvalue weighted by atomic mass is 16.6. The number of nitrogens with zero attached hydrogens (tertiary/aromatic N) is 4. The van der Waals surface area contributed by atoms with Gasteiger partial charge in [-0.2, -0.15) is 0 Å². The number of imidazole rings is 1. The molecule has 0 saturated carbocycles. The number of rotatable bonds is 7. The molecule has 41 heavy (non-hydrogen) atoms. The van der Waals surface area contributed by atoms with Gasteiger partial charge >= 0.3 is 12.2 Å². The van der Waals surface area contributed by atoms with Crippen molar-refractivity contribution in [3.05, 3.63) is 73.1 Å². The number of benzene rings is 1. The first kappa shape index (κ1) is 28.7. The fraction of sp³-hybridized carbons (Fsp3) is 0.250. The van der Waals surface area contributed by atoms with Gasteiger partial charge in [0, 0.05) is 43.8 Å². The Bertz CT molecular complexity index is 1650. The molecule has 13 nitrogen and oxygen atoms in total. The highest BCUT2D eigenvalue weighted by Gasteiger charge is 2.21. The zero-order valence-electron chi connectivity index (χ0n) is 23.3. The zero-order chi connectivity index (χ0) is 29.9. The van der Waals surface area contributed by atoms with Crippen molar-refractivity contribution in [2.24, 2.45) is 14.1 Å². The lowest BCUT2D eigenvalue weighted by atomic mass is 10.2. The molecule has 214 valence electrons. The van der Waals surface area contributed by atoms with Gasteiger partial charge in [0.05, 0.1) is 11.2 Å². The maximum Gasteiger partial charge on any atom is 0.413 e. The maximum absolute atomic E-state index is 13.4. The SMILES string of the molecule is C=CCOC(=O)Nc1ccc2c(ccn2C(=O)c2cc(NC(=O)c3nc(NC(=O)OC(C)(C)C)cn3C)cn2C)c1. The van der Waals surface area contributed by atoms with Gasteiger partial charge in [-0.3, -0.25) is 24.8 Å². The normalized spacial score (nSPS) is 11.1. The van der Waals surface area contributed by atoms with Crippen LogP contribution in [0.1, 0.15) is 41.9 Å². The molecule has 3 heterocycles. The van der Waals surface area contributed by atoms with Gasteiger partial charge < -0.3 is 23.9 Å². The molecule has 3 aromatic heterocycles. The Kier molecular flexibility index (Phi) is 7.99. The fourth-order valence-corrected chi connectivity index (χ4v) is 3.99. The Morgan fingerprint density at radius 1 is 0.951 bits per heavy atom. The van der Waals surface area contributed by atoms with Crippen LogP contribution < -0.4 is 16.0 Å². The molecule has 3 N–H and O–H groups in total. The molecule has 0 fully saturated rings. The van der Waals surface area contributed by atoms with Crippen molar-refractivity contribution in [3.8, 4) is 0 Å². The summed E-state index contributed by atoms with van der Waals surface area (Å²) in [6.45, 7) is 8.80. The second-order valence-electron chi connectivity index (χ2n) is 10.1. The fourth-order valence-electron chi connectivity index (χ4n) is 3.99. The van der Waals surface area contributed by atoms with E-state index in [4.69, 9.17) is 9.47 Å². The summed E-state index contributed by atoms with van der Waals surface area (Å²) < 4.78 is 14.7. The van der Waals surface area contributed by atoms with Gasteiger partial charge in [0.2, 0.25) is 5.82 Å². The number of aryl methyl sites for hydroxylation is 2. The lowest BCUT2D eigenvalue weighted by molar-refractivity contribution is 0.0634. The van der Waals surface area contributed by atoms with Gasteiger partial charge in [-0.25, -0.2) is 14.6 Å². The lowest BCUT2D eigenvalue weighted by Crippen LogP contribution is -2.27. The number of fused-ring (bicyclic) bond motifs is 1. The molecule has 0 aliphatic carbocycles. The summed E-state index contributed by atoms with van der Waals surface area (Å²) in [7, 11) is 3.31. The smallest absolute Gasteiger partial charge is 0.413 e. The minimum atomic E-state index is -0.690. The number of carbonyl (C=O) groups is 4. The molecule has 4 rings (SSSR count). The van der Waals surface area contributed by atoms with Crippen LogP contribution in [0.2, 0.25) is 0 Å². The van der Waals surface area contributed by atoms with E-state index in [1.54, 1.807) is 82.2 Å². The second-order valence-corrected chi connectivity index (χ2v) is 10.1. The van der Waals surface area contributed by atoms with Crippen LogP contribution in [0.5, 0.6) is 0 Å². The Balaban J connectivity index is 1.46. The van der Waals surface area contributed by atoms with Crippen LogP contribution in [-0.2, 0) is 23.6 Å². The number of hydrogen-bond donors (Lipinski definition) is 3. The van der Waals surface area contributed by atoms with Crippen molar-refractivity contribution in [1.29, 1.82) is 0 Å². The first-order valence-corrected chi connectivity index (χ1v) is 12.6. The van der Waals surface area contributed by atoms with Crippen LogP contribution in [0.3, 0.4) is 0 Å². The first-order valence-electron chi connectivity index (χ1n) is 12.6. The van der Waals surface area contributed by atoms with Crippen molar-refractivity contribution in [3.63, 3.8) is 0 Å². The van der Waals surface area contributed by atoms with E-state index in [1.807, 2.05) is 0 Å². The standard InChI is InChI=1S/C28H31N7O6/c1-7-12-40-26(38)30-18-8-9-20-17(13-18)10-11-35(20)25(37)21-14-19(15-33(21)5)29-24(36)23-31-22(16-34(23)6)32-27(39)41-28(2,3)4/h7-11,13-16H,1,12H2,2-6H3,(H,29,36)(H,30,38)(H,32,39). The summed E-state index contributed by atoms with van der Waals surface area (Å²) in [4.78, 5) is 54.4. The van der Waals surface area contributed by atoms with E-state index in [0.29, 0.717) is 22.6 Å². The van der Waals surface area contributed by atoms with Crippen LogP contribution >= 0.6 is 0 Å². The van der Waals surface area contributed by atoms with E-state index in [9.17, 15) is 19.2 Å². The van der Waals surface area contributed by atoms with E-state index < -0.39 is 23.7 Å². The third-order valence-electron chi connectivity index (χ3n) is 5.68. The van der Waals surface area contributed by atoms with E-state index in [1.165, 1.54) is 21.4 Å². The van der Waals surface area contributed by atoms with Gasteiger partial charge in [0.15, 0.2) is 5.82 Å². The summed E-state index contributed by atoms with van der Waals surface area (Å²) in [5.74, 6) is -0.661. The zero-order valence-corrected chi connectivity index (χ0v) is 23.3. The van der Waals surface area contributed by atoms with Gasteiger partial charge in [-0.1, -0.05) is 12.7 Å². The summed E-state index contributed by atoms with van der Waals surface area (Å²) >= 11 is 0. The molecule has 0 spiro atoms. The molecule has 0 aliphatic heterocycles. The Morgan fingerprint density at radius 2 is 1.71 bits per heavy atom. The molecule has 0 aliphatic rings. The quantitative estimate of drug-likeness (QED) is 0.276. The van der Waals surface area contributed by atoms with Gasteiger partial charge in [-0.15, -0.1) is 0 Å². The number of nitrogens with one attached hydrogen (secondary N) is 3. The molecule has 0 saturated heterocycles. The van der Waals surface area contributed by atoms with Crippen LogP contribution in [0, 0.1) is 0 Å². The van der Waals surface area contributed by atoms with Gasteiger partial charge in [0.25, 0.3) is 11.8 Å². The molecule has 0 unspecified atom stereocenters. The Labute approximate surface area is 235 Å². The van der Waals surface area contributed by atoms with E-state index >= 15 is 0 Å². The molecule has 0 atom stereocenters. The van der Waals surface area contributed by atoms with Crippen molar-refractivity contribution < 1.29 is 28.7 Å². The minimum Gasteiger partial charge on any atom is -0.445 e. The Hall–Kier alpha value is -5.33. The summed E-state index contributed by atoms with van der Waals surface area (Å²) in [5.41, 5.74) is 1.16. The largest absolute Gasteiger partial charge is 0.445 e. The monoisotopic (exact) mass is 561 g/mol. The number of aromatic nitrogens is 4. The van der Waals surface area contributed by atoms with Gasteiger partial charge in [0.1, 0.15) is 17.9 Å². The van der Waals surface area contributed by atoms with Crippen LogP contribution in [-0.4, -0.2) is 54.9 Å². The molecular weight excluding hydrogens is 530 g/mol. The predicted molar refractivity (Wildman–Crippen MR) is 153 cm³/mol. The van der Waals surface area contributed by atoms with E-state index in [2.05, 4.69) is 27.5 Å². The maximum atomic E-state index is 13.4. The molecule has 13 heteroatoms. The molecule has 4 aromatic rings. The van der Waals surface area contributed by atoms with E-state index in [0.717, 1.165) is 5.39 Å². The van der Waals surface area contributed by atoms with Crippen molar-refractivity contribution in [2.45, 2.75) is 26.4 Å². The van der Waals surface area contributed by atoms with Crippen molar-refractivity contribution in [1.82, 2.24) is 18.7 Å². The van der Waals surface area contributed by atoms with Gasteiger partial charge in [-0.05, 0) is 51.1 Å². The minimum absolute atomic E-state index is 0.0435. The Morgan fingerprint density at radius 3 is 2.41 bits per heavy atom. The highest BCUT2D eigenvalue weighted by molar-refractivity contribution is 6.05.